The van der Waals surface area contributed by atoms with E-state index in [2.05, 4.69) is 4.99 Å². The molecule has 6 nitrogen and oxygen atoms in total. The van der Waals surface area contributed by atoms with E-state index in [1.54, 1.807) is 4.90 Å². The van der Waals surface area contributed by atoms with Crippen LogP contribution in [0.1, 0.15) is 26.3 Å². The number of rotatable bonds is 3. The molecule has 0 bridgehead atoms. The number of hydrogen-bond acceptors (Lipinski definition) is 3. The lowest BCUT2D eigenvalue weighted by molar-refractivity contribution is 0.0186. The van der Waals surface area contributed by atoms with Crippen LogP contribution in [0, 0.1) is 0 Å². The molecule has 1 aliphatic rings. The van der Waals surface area contributed by atoms with Crippen molar-refractivity contribution in [1.82, 2.24) is 9.80 Å². The van der Waals surface area contributed by atoms with Gasteiger partial charge in [-0.15, -0.1) is 0 Å². The second kappa shape index (κ2) is 8.43. The molecule has 1 aromatic rings. The molecule has 7 heteroatoms. The fraction of sp³-hybridized carbons (Fsp3) is 0.556. The van der Waals surface area contributed by atoms with E-state index >= 15 is 0 Å². The average molecular weight is 367 g/mol. The van der Waals surface area contributed by atoms with Gasteiger partial charge in [-0.05, 0) is 44.9 Å². The lowest BCUT2D eigenvalue weighted by Crippen LogP contribution is -2.53. The van der Waals surface area contributed by atoms with E-state index in [4.69, 9.17) is 22.1 Å². The Morgan fingerprint density at radius 1 is 1.24 bits per heavy atom. The highest BCUT2D eigenvalue weighted by Crippen LogP contribution is 2.12. The SMILES string of the molecule is CC(C)(C)OC(=O)N1CCN(C(N)=NCCc2cccc(Cl)c2)CC1. The first-order chi connectivity index (χ1) is 11.7. The average Bonchev–Trinajstić information content (AvgIpc) is 2.53. The van der Waals surface area contributed by atoms with Crippen molar-refractivity contribution < 1.29 is 9.53 Å². The molecule has 138 valence electrons. The van der Waals surface area contributed by atoms with Gasteiger partial charge in [0.1, 0.15) is 5.60 Å². The third-order valence-electron chi connectivity index (χ3n) is 3.82. The molecule has 0 unspecified atom stereocenters. The summed E-state index contributed by atoms with van der Waals surface area (Å²) in [7, 11) is 0. The summed E-state index contributed by atoms with van der Waals surface area (Å²) in [4.78, 5) is 20.2. The number of ether oxygens (including phenoxy) is 1. The minimum atomic E-state index is -0.477. The van der Waals surface area contributed by atoms with Crippen LogP contribution in [0.25, 0.3) is 0 Å². The Balaban J connectivity index is 1.78. The number of halogens is 1. The molecule has 1 fully saturated rings. The van der Waals surface area contributed by atoms with Crippen LogP contribution in [-0.2, 0) is 11.2 Å². The van der Waals surface area contributed by atoms with Crippen molar-refractivity contribution in [3.05, 3.63) is 34.9 Å². The quantitative estimate of drug-likeness (QED) is 0.659. The maximum absolute atomic E-state index is 12.1. The molecule has 1 aliphatic heterocycles. The van der Waals surface area contributed by atoms with E-state index in [1.807, 2.05) is 49.9 Å². The number of nitrogens with zero attached hydrogens (tertiary/aromatic N) is 3. The molecule has 2 rings (SSSR count). The van der Waals surface area contributed by atoms with Gasteiger partial charge in [-0.1, -0.05) is 23.7 Å². The maximum Gasteiger partial charge on any atom is 0.410 e. The maximum atomic E-state index is 12.1. The zero-order chi connectivity index (χ0) is 18.4. The Bertz CT molecular complexity index is 620. The molecule has 0 spiro atoms. The molecule has 1 aromatic carbocycles. The Hall–Kier alpha value is -1.95. The van der Waals surface area contributed by atoms with Gasteiger partial charge in [-0.25, -0.2) is 4.79 Å². The summed E-state index contributed by atoms with van der Waals surface area (Å²) < 4.78 is 5.39. The van der Waals surface area contributed by atoms with Crippen LogP contribution in [0.5, 0.6) is 0 Å². The highest BCUT2D eigenvalue weighted by molar-refractivity contribution is 6.30. The summed E-state index contributed by atoms with van der Waals surface area (Å²) in [6, 6.07) is 7.75. The fourth-order valence-corrected chi connectivity index (χ4v) is 2.75. The van der Waals surface area contributed by atoms with Gasteiger partial charge in [0.2, 0.25) is 0 Å². The molecule has 0 aliphatic carbocycles. The van der Waals surface area contributed by atoms with Gasteiger partial charge in [0.25, 0.3) is 0 Å². The highest BCUT2D eigenvalue weighted by atomic mass is 35.5. The second-order valence-electron chi connectivity index (χ2n) is 7.07. The number of amides is 1. The molecule has 2 N–H and O–H groups in total. The first-order valence-corrected chi connectivity index (χ1v) is 8.89. The number of carbonyl (C=O) groups is 1. The molecule has 25 heavy (non-hydrogen) atoms. The van der Waals surface area contributed by atoms with Crippen LogP contribution < -0.4 is 5.73 Å². The minimum absolute atomic E-state index is 0.274. The van der Waals surface area contributed by atoms with E-state index in [0.29, 0.717) is 38.7 Å². The van der Waals surface area contributed by atoms with Crippen molar-refractivity contribution >= 4 is 23.7 Å². The van der Waals surface area contributed by atoms with E-state index in [-0.39, 0.29) is 6.09 Å². The lowest BCUT2D eigenvalue weighted by Gasteiger charge is -2.36. The number of benzene rings is 1. The predicted molar refractivity (Wildman–Crippen MR) is 101 cm³/mol. The van der Waals surface area contributed by atoms with Crippen LogP contribution in [0.2, 0.25) is 5.02 Å². The number of aliphatic imine (C=N–C) groups is 1. The summed E-state index contributed by atoms with van der Waals surface area (Å²) in [5.41, 5.74) is 6.74. The van der Waals surface area contributed by atoms with Crippen molar-refractivity contribution in [1.29, 1.82) is 0 Å². The number of nitrogens with two attached hydrogens (primary N) is 1. The van der Waals surface area contributed by atoms with Gasteiger partial charge in [-0.2, -0.15) is 0 Å². The normalized spacial score (nSPS) is 16.1. The Labute approximate surface area is 154 Å². The van der Waals surface area contributed by atoms with Gasteiger partial charge in [-0.3, -0.25) is 4.99 Å². The van der Waals surface area contributed by atoms with Crippen LogP contribution in [0.15, 0.2) is 29.3 Å². The summed E-state index contributed by atoms with van der Waals surface area (Å²) in [6.07, 6.45) is 0.516. The fourth-order valence-electron chi connectivity index (χ4n) is 2.54. The Kier molecular flexibility index (Phi) is 6.53. The molecule has 1 amide bonds. The molecule has 0 saturated carbocycles. The molecular weight excluding hydrogens is 340 g/mol. The first kappa shape index (κ1) is 19.4. The van der Waals surface area contributed by atoms with Crippen molar-refractivity contribution in [2.24, 2.45) is 10.7 Å². The first-order valence-electron chi connectivity index (χ1n) is 8.52. The number of piperazine rings is 1. The number of carbonyl (C=O) groups excluding carboxylic acids is 1. The lowest BCUT2D eigenvalue weighted by atomic mass is 10.1. The van der Waals surface area contributed by atoms with Gasteiger partial charge >= 0.3 is 6.09 Å². The Morgan fingerprint density at radius 2 is 1.88 bits per heavy atom. The van der Waals surface area contributed by atoms with Crippen LogP contribution in [0.3, 0.4) is 0 Å². The third-order valence-corrected chi connectivity index (χ3v) is 4.05. The molecular formula is C18H27ClN4O2. The topological polar surface area (TPSA) is 71.2 Å². The number of guanidine groups is 1. The van der Waals surface area contributed by atoms with Crippen molar-refractivity contribution in [2.45, 2.75) is 32.8 Å². The van der Waals surface area contributed by atoms with Gasteiger partial charge in [0.05, 0.1) is 0 Å². The van der Waals surface area contributed by atoms with Crippen LogP contribution in [-0.4, -0.2) is 60.2 Å². The van der Waals surface area contributed by atoms with Crippen molar-refractivity contribution in [2.75, 3.05) is 32.7 Å². The third kappa shape index (κ3) is 6.46. The highest BCUT2D eigenvalue weighted by Gasteiger charge is 2.26. The predicted octanol–water partition coefficient (Wildman–Crippen LogP) is 2.75. The largest absolute Gasteiger partial charge is 0.444 e. The molecule has 0 radical (unpaired) electrons. The zero-order valence-corrected chi connectivity index (χ0v) is 15.9. The monoisotopic (exact) mass is 366 g/mol. The summed E-state index contributed by atoms with van der Waals surface area (Å²) in [5.74, 6) is 0.519. The van der Waals surface area contributed by atoms with E-state index in [9.17, 15) is 4.79 Å². The molecule has 1 heterocycles. The summed E-state index contributed by atoms with van der Waals surface area (Å²) >= 11 is 5.98. The minimum Gasteiger partial charge on any atom is -0.444 e. The van der Waals surface area contributed by atoms with Crippen LogP contribution >= 0.6 is 11.6 Å². The summed E-state index contributed by atoms with van der Waals surface area (Å²) in [6.45, 7) is 8.69. The molecule has 1 saturated heterocycles. The molecule has 0 aromatic heterocycles. The smallest absolute Gasteiger partial charge is 0.410 e. The second-order valence-corrected chi connectivity index (χ2v) is 7.51. The van der Waals surface area contributed by atoms with E-state index < -0.39 is 5.60 Å². The summed E-state index contributed by atoms with van der Waals surface area (Å²) in [5, 5.41) is 0.729. The van der Waals surface area contributed by atoms with Crippen molar-refractivity contribution in [3.8, 4) is 0 Å². The van der Waals surface area contributed by atoms with Crippen LogP contribution in [0.4, 0.5) is 4.79 Å². The van der Waals surface area contributed by atoms with Crippen molar-refractivity contribution in [3.63, 3.8) is 0 Å². The standard InChI is InChI=1S/C18H27ClN4O2/c1-18(2,3)25-17(24)23-11-9-22(10-12-23)16(20)21-8-7-14-5-4-6-15(19)13-14/h4-6,13H,7-12H2,1-3H3,(H2,20,21). The number of hydrogen-bond donors (Lipinski definition) is 1. The van der Waals surface area contributed by atoms with Gasteiger partial charge < -0.3 is 20.3 Å². The zero-order valence-electron chi connectivity index (χ0n) is 15.2. The van der Waals surface area contributed by atoms with E-state index in [0.717, 1.165) is 17.0 Å². The van der Waals surface area contributed by atoms with Gasteiger partial charge in [0, 0.05) is 37.7 Å². The van der Waals surface area contributed by atoms with Gasteiger partial charge in [0.15, 0.2) is 5.96 Å². The molecule has 0 atom stereocenters. The van der Waals surface area contributed by atoms with E-state index in [1.165, 1.54) is 0 Å². The Morgan fingerprint density at radius 3 is 2.48 bits per heavy atom.